The summed E-state index contributed by atoms with van der Waals surface area (Å²) in [7, 11) is -3.22. The van der Waals surface area contributed by atoms with Crippen LogP contribution in [0.15, 0.2) is 0 Å². The Labute approximate surface area is 36.5 Å². The second kappa shape index (κ2) is 1.57. The third kappa shape index (κ3) is 3.91. The Kier molecular flexibility index (Phi) is 1.55. The van der Waals surface area contributed by atoms with Crippen LogP contribution in [0.2, 0.25) is 0 Å². The molecule has 0 bridgehead atoms. The molecule has 0 unspecified atom stereocenters. The smallest absolute Gasteiger partial charge is 0.183 e. The van der Waals surface area contributed by atoms with Crippen molar-refractivity contribution in [3.63, 3.8) is 0 Å². The quantitative estimate of drug-likeness (QED) is 0.452. The Bertz CT molecular complexity index is 111. The first-order chi connectivity index (χ1) is 2.56. The van der Waals surface area contributed by atoms with Gasteiger partial charge in [-0.05, 0) is 0 Å². The molecule has 0 amide bonds. The minimum absolute atomic E-state index is 0.903. The fourth-order valence-corrected chi connectivity index (χ4v) is 0. The van der Waals surface area contributed by atoms with Gasteiger partial charge in [0.05, 0.1) is 0 Å². The molecule has 0 aliphatic heterocycles. The largest absolute Gasteiger partial charge is 0.227 e. The highest BCUT2D eigenvalue weighted by Crippen LogP contribution is 1.73. The third-order valence-corrected chi connectivity index (χ3v) is 0.642. The van der Waals surface area contributed by atoms with Crippen molar-refractivity contribution in [2.45, 2.75) is 0 Å². The summed E-state index contributed by atoms with van der Waals surface area (Å²) < 4.78 is 19.4. The summed E-state index contributed by atoms with van der Waals surface area (Å²) >= 11 is 0. The van der Waals surface area contributed by atoms with Crippen molar-refractivity contribution in [1.29, 1.82) is 0 Å². The number of hydrogen-bond donors (Lipinski definition) is 0. The zero-order valence-electron chi connectivity index (χ0n) is 3.34. The highest BCUT2D eigenvalue weighted by Gasteiger charge is 1.94. The van der Waals surface area contributed by atoms with Crippen molar-refractivity contribution in [2.24, 2.45) is 0 Å². The number of rotatable bonds is 1. The van der Waals surface area contributed by atoms with E-state index in [1.165, 1.54) is 0 Å². The molecule has 0 fully saturated rings. The lowest BCUT2D eigenvalue weighted by atomic mass is 11.7. The van der Waals surface area contributed by atoms with Gasteiger partial charge in [0, 0.05) is 6.26 Å². The Balaban J connectivity index is 3.85. The highest BCUT2D eigenvalue weighted by molar-refractivity contribution is 7.90. The summed E-state index contributed by atoms with van der Waals surface area (Å²) in [5, 5.41) is 9.36. The Morgan fingerprint density at radius 2 is 1.67 bits per heavy atom. The molecule has 0 atom stereocenters. The van der Waals surface area contributed by atoms with Gasteiger partial charge in [-0.1, -0.05) is 0 Å². The molecule has 0 saturated carbocycles. The third-order valence-electron chi connectivity index (χ3n) is 0.214. The second-order valence-corrected chi connectivity index (χ2v) is 3.13. The standard InChI is InChI=1S/C2H5O3S/c1-6(4,5)2-3/h2H2,1H3. The van der Waals surface area contributed by atoms with Crippen LogP contribution in [0.3, 0.4) is 0 Å². The van der Waals surface area contributed by atoms with Crippen molar-refractivity contribution >= 4 is 9.84 Å². The van der Waals surface area contributed by atoms with E-state index < -0.39 is 15.8 Å². The normalized spacial score (nSPS) is 11.7. The van der Waals surface area contributed by atoms with Crippen LogP contribution in [0.25, 0.3) is 0 Å². The van der Waals surface area contributed by atoms with E-state index in [0.717, 1.165) is 6.26 Å². The maximum absolute atomic E-state index is 9.69. The van der Waals surface area contributed by atoms with Crippen molar-refractivity contribution in [2.75, 3.05) is 12.2 Å². The molecule has 37 valence electrons. The van der Waals surface area contributed by atoms with Gasteiger partial charge in [-0.2, -0.15) is 0 Å². The summed E-state index contributed by atoms with van der Waals surface area (Å²) in [6.07, 6.45) is 0.903. The molecule has 0 saturated heterocycles. The van der Waals surface area contributed by atoms with Crippen LogP contribution in [0.5, 0.6) is 0 Å². The lowest BCUT2D eigenvalue weighted by Crippen LogP contribution is -1.98. The predicted octanol–water partition coefficient (Wildman–Crippen LogP) is -0.581. The van der Waals surface area contributed by atoms with Crippen molar-refractivity contribution in [3.8, 4) is 0 Å². The molecule has 0 heterocycles. The second-order valence-electron chi connectivity index (χ2n) is 1.04. The maximum atomic E-state index is 9.69. The van der Waals surface area contributed by atoms with E-state index in [0.29, 0.717) is 0 Å². The Morgan fingerprint density at radius 3 is 1.67 bits per heavy atom. The Hall–Kier alpha value is -0.0900. The average Bonchev–Trinajstić information content (AvgIpc) is 1.35. The summed E-state index contributed by atoms with van der Waals surface area (Å²) in [5.74, 6) is -1.01. The molecule has 4 heteroatoms. The van der Waals surface area contributed by atoms with Gasteiger partial charge in [0.1, 0.15) is 0 Å². The van der Waals surface area contributed by atoms with E-state index in [9.17, 15) is 13.5 Å². The van der Waals surface area contributed by atoms with Gasteiger partial charge in [0.25, 0.3) is 0 Å². The van der Waals surface area contributed by atoms with Crippen molar-refractivity contribution < 1.29 is 13.5 Å². The first-order valence-electron chi connectivity index (χ1n) is 1.32. The van der Waals surface area contributed by atoms with E-state index in [-0.39, 0.29) is 0 Å². The maximum Gasteiger partial charge on any atom is 0.183 e. The minimum Gasteiger partial charge on any atom is -0.227 e. The van der Waals surface area contributed by atoms with Crippen LogP contribution in [-0.2, 0) is 14.9 Å². The van der Waals surface area contributed by atoms with Crippen molar-refractivity contribution in [1.82, 2.24) is 0 Å². The molecular formula is C2H5O3S. The summed E-state index contributed by atoms with van der Waals surface area (Å²) in [5.41, 5.74) is 0. The fourth-order valence-electron chi connectivity index (χ4n) is 0. The lowest BCUT2D eigenvalue weighted by Gasteiger charge is -1.78. The summed E-state index contributed by atoms with van der Waals surface area (Å²) in [6.45, 7) is 0. The van der Waals surface area contributed by atoms with E-state index in [4.69, 9.17) is 0 Å². The average molecular weight is 109 g/mol. The number of hydrogen-bond acceptors (Lipinski definition) is 2. The first kappa shape index (κ1) is 5.91. The number of sulfone groups is 1. The van der Waals surface area contributed by atoms with Gasteiger partial charge in [0.15, 0.2) is 15.8 Å². The lowest BCUT2D eigenvalue weighted by molar-refractivity contribution is 0.251. The van der Waals surface area contributed by atoms with Crippen LogP contribution >= 0.6 is 0 Å². The monoisotopic (exact) mass is 109 g/mol. The first-order valence-corrected chi connectivity index (χ1v) is 3.38. The molecule has 0 aromatic carbocycles. The molecule has 3 nitrogen and oxygen atoms in total. The molecule has 0 spiro atoms. The van der Waals surface area contributed by atoms with Gasteiger partial charge in [-0.25, -0.2) is 13.5 Å². The van der Waals surface area contributed by atoms with Crippen LogP contribution < -0.4 is 0 Å². The molecule has 0 rings (SSSR count). The van der Waals surface area contributed by atoms with Gasteiger partial charge in [-0.15, -0.1) is 0 Å². The molecule has 6 heavy (non-hydrogen) atoms. The van der Waals surface area contributed by atoms with E-state index in [1.807, 2.05) is 0 Å². The zero-order chi connectivity index (χ0) is 5.21. The summed E-state index contributed by atoms with van der Waals surface area (Å²) in [4.78, 5) is 0. The van der Waals surface area contributed by atoms with Crippen LogP contribution in [0.4, 0.5) is 0 Å². The molecular weight excluding hydrogens is 104 g/mol. The Morgan fingerprint density at radius 1 is 1.50 bits per heavy atom. The fraction of sp³-hybridized carbons (Fsp3) is 1.00. The molecule has 0 aliphatic rings. The van der Waals surface area contributed by atoms with E-state index in [1.54, 1.807) is 0 Å². The molecule has 0 aromatic heterocycles. The van der Waals surface area contributed by atoms with Crippen LogP contribution in [0, 0.1) is 0 Å². The van der Waals surface area contributed by atoms with Gasteiger partial charge in [-0.3, -0.25) is 0 Å². The molecule has 0 aliphatic carbocycles. The SMILES string of the molecule is CS(=O)(=O)C[O]. The molecule has 0 N–H and O–H groups in total. The highest BCUT2D eigenvalue weighted by atomic mass is 32.2. The van der Waals surface area contributed by atoms with E-state index >= 15 is 0 Å². The van der Waals surface area contributed by atoms with Crippen LogP contribution in [-0.4, -0.2) is 20.6 Å². The zero-order valence-corrected chi connectivity index (χ0v) is 4.16. The van der Waals surface area contributed by atoms with Gasteiger partial charge in [0.2, 0.25) is 0 Å². The predicted molar refractivity (Wildman–Crippen MR) is 20.4 cm³/mol. The topological polar surface area (TPSA) is 54.0 Å². The summed E-state index contributed by atoms with van der Waals surface area (Å²) in [6, 6.07) is 0. The van der Waals surface area contributed by atoms with Crippen molar-refractivity contribution in [3.05, 3.63) is 0 Å². The molecule has 1 radical (unpaired) electrons. The minimum atomic E-state index is -3.22. The van der Waals surface area contributed by atoms with Gasteiger partial charge < -0.3 is 0 Å². The molecule has 0 aromatic rings. The van der Waals surface area contributed by atoms with Gasteiger partial charge >= 0.3 is 0 Å². The van der Waals surface area contributed by atoms with Crippen LogP contribution in [0.1, 0.15) is 0 Å². The van der Waals surface area contributed by atoms with E-state index in [2.05, 4.69) is 0 Å².